The molecule has 0 saturated heterocycles. The van der Waals surface area contributed by atoms with Crippen molar-refractivity contribution in [2.75, 3.05) is 18.4 Å². The van der Waals surface area contributed by atoms with Gasteiger partial charge in [0.2, 0.25) is 0 Å². The van der Waals surface area contributed by atoms with Gasteiger partial charge in [-0.1, -0.05) is 55.8 Å². The van der Waals surface area contributed by atoms with E-state index in [4.69, 9.17) is 11.6 Å². The minimum absolute atomic E-state index is 0.778. The van der Waals surface area contributed by atoms with Crippen LogP contribution in [-0.4, -0.2) is 18.0 Å². The third kappa shape index (κ3) is 4.76. The van der Waals surface area contributed by atoms with Crippen LogP contribution in [0.15, 0.2) is 48.5 Å². The maximum absolute atomic E-state index is 5.92. The Morgan fingerprint density at radius 3 is 2.29 bits per heavy atom. The highest BCUT2D eigenvalue weighted by Crippen LogP contribution is 2.18. The Kier molecular flexibility index (Phi) is 6.09. The SMILES string of the molecule is CCN(CC)Cc1ccccc1NCc1ccc(Cl)cc1. The van der Waals surface area contributed by atoms with Crippen molar-refractivity contribution < 1.29 is 0 Å². The number of hydrogen-bond acceptors (Lipinski definition) is 2. The van der Waals surface area contributed by atoms with Crippen molar-refractivity contribution in [2.24, 2.45) is 0 Å². The summed E-state index contributed by atoms with van der Waals surface area (Å²) < 4.78 is 0. The number of halogens is 1. The lowest BCUT2D eigenvalue weighted by atomic mass is 10.1. The van der Waals surface area contributed by atoms with Gasteiger partial charge in [-0.3, -0.25) is 4.90 Å². The summed E-state index contributed by atoms with van der Waals surface area (Å²) in [7, 11) is 0. The summed E-state index contributed by atoms with van der Waals surface area (Å²) >= 11 is 5.92. The number of anilines is 1. The predicted octanol–water partition coefficient (Wildman–Crippen LogP) is 4.79. The molecule has 0 heterocycles. The minimum atomic E-state index is 0.778. The highest BCUT2D eigenvalue weighted by atomic mass is 35.5. The first-order chi connectivity index (χ1) is 10.2. The molecule has 21 heavy (non-hydrogen) atoms. The summed E-state index contributed by atoms with van der Waals surface area (Å²) in [6, 6.07) is 16.5. The lowest BCUT2D eigenvalue weighted by Crippen LogP contribution is -2.22. The van der Waals surface area contributed by atoms with Crippen LogP contribution < -0.4 is 5.32 Å². The maximum Gasteiger partial charge on any atom is 0.0406 e. The van der Waals surface area contributed by atoms with Gasteiger partial charge >= 0.3 is 0 Å². The molecule has 2 rings (SSSR count). The lowest BCUT2D eigenvalue weighted by molar-refractivity contribution is 0.296. The Bertz CT molecular complexity index is 547. The van der Waals surface area contributed by atoms with Gasteiger partial charge in [-0.05, 0) is 42.4 Å². The monoisotopic (exact) mass is 302 g/mol. The van der Waals surface area contributed by atoms with Gasteiger partial charge in [0.1, 0.15) is 0 Å². The van der Waals surface area contributed by atoms with E-state index in [9.17, 15) is 0 Å². The summed E-state index contributed by atoms with van der Waals surface area (Å²) in [4.78, 5) is 2.42. The van der Waals surface area contributed by atoms with Crippen molar-refractivity contribution >= 4 is 17.3 Å². The van der Waals surface area contributed by atoms with E-state index >= 15 is 0 Å². The van der Waals surface area contributed by atoms with E-state index in [1.807, 2.05) is 12.1 Å². The summed E-state index contributed by atoms with van der Waals surface area (Å²) in [5, 5.41) is 4.31. The topological polar surface area (TPSA) is 15.3 Å². The fourth-order valence-electron chi connectivity index (χ4n) is 2.32. The predicted molar refractivity (Wildman–Crippen MR) is 91.8 cm³/mol. The van der Waals surface area contributed by atoms with Crippen LogP contribution in [0.25, 0.3) is 0 Å². The van der Waals surface area contributed by atoms with Crippen molar-refractivity contribution in [2.45, 2.75) is 26.9 Å². The molecule has 2 aromatic rings. The summed E-state index contributed by atoms with van der Waals surface area (Å²) in [6.07, 6.45) is 0. The molecule has 0 saturated carbocycles. The minimum Gasteiger partial charge on any atom is -0.381 e. The van der Waals surface area contributed by atoms with Crippen LogP contribution >= 0.6 is 11.6 Å². The molecule has 0 aliphatic carbocycles. The van der Waals surface area contributed by atoms with Gasteiger partial charge in [-0.25, -0.2) is 0 Å². The zero-order valence-electron chi connectivity index (χ0n) is 12.8. The highest BCUT2D eigenvalue weighted by molar-refractivity contribution is 6.30. The van der Waals surface area contributed by atoms with Crippen LogP contribution in [0, 0.1) is 0 Å². The van der Waals surface area contributed by atoms with Gasteiger partial charge in [0.15, 0.2) is 0 Å². The van der Waals surface area contributed by atoms with Crippen LogP contribution in [0.5, 0.6) is 0 Å². The van der Waals surface area contributed by atoms with E-state index in [0.717, 1.165) is 31.2 Å². The van der Waals surface area contributed by atoms with Gasteiger partial charge in [0.25, 0.3) is 0 Å². The number of nitrogens with zero attached hydrogens (tertiary/aromatic N) is 1. The van der Waals surface area contributed by atoms with Crippen LogP contribution in [0.3, 0.4) is 0 Å². The normalized spacial score (nSPS) is 10.9. The second-order valence-electron chi connectivity index (χ2n) is 5.10. The van der Waals surface area contributed by atoms with Crippen molar-refractivity contribution in [3.63, 3.8) is 0 Å². The summed E-state index contributed by atoms with van der Waals surface area (Å²) in [5.74, 6) is 0. The molecule has 2 aromatic carbocycles. The number of rotatable bonds is 7. The van der Waals surface area contributed by atoms with Gasteiger partial charge < -0.3 is 5.32 Å². The van der Waals surface area contributed by atoms with Crippen molar-refractivity contribution in [1.82, 2.24) is 4.90 Å². The van der Waals surface area contributed by atoms with Crippen LogP contribution in [0.4, 0.5) is 5.69 Å². The van der Waals surface area contributed by atoms with Gasteiger partial charge in [0.05, 0.1) is 0 Å². The quantitative estimate of drug-likeness (QED) is 0.791. The first-order valence-electron chi connectivity index (χ1n) is 7.51. The molecular formula is C18H23ClN2. The average molecular weight is 303 g/mol. The fraction of sp³-hybridized carbons (Fsp3) is 0.333. The van der Waals surface area contributed by atoms with Gasteiger partial charge in [-0.2, -0.15) is 0 Å². The van der Waals surface area contributed by atoms with Crippen LogP contribution in [-0.2, 0) is 13.1 Å². The van der Waals surface area contributed by atoms with Gasteiger partial charge in [0, 0.05) is 23.8 Å². The average Bonchev–Trinajstić information content (AvgIpc) is 2.53. The smallest absolute Gasteiger partial charge is 0.0406 e. The van der Waals surface area contributed by atoms with E-state index in [2.05, 4.69) is 60.5 Å². The Labute approximate surface area is 132 Å². The Balaban J connectivity index is 2.04. The molecule has 0 aliphatic rings. The largest absolute Gasteiger partial charge is 0.381 e. The molecule has 112 valence electrons. The standard InChI is InChI=1S/C18H23ClN2/c1-3-21(4-2)14-16-7-5-6-8-18(16)20-13-15-9-11-17(19)12-10-15/h5-12,20H,3-4,13-14H2,1-2H3. The molecule has 0 aromatic heterocycles. The van der Waals surface area contributed by atoms with E-state index < -0.39 is 0 Å². The van der Waals surface area contributed by atoms with E-state index in [-0.39, 0.29) is 0 Å². The molecule has 0 radical (unpaired) electrons. The maximum atomic E-state index is 5.92. The zero-order chi connectivity index (χ0) is 15.1. The Morgan fingerprint density at radius 2 is 1.62 bits per heavy atom. The van der Waals surface area contributed by atoms with E-state index in [1.54, 1.807) is 0 Å². The van der Waals surface area contributed by atoms with Crippen LogP contribution in [0.2, 0.25) is 5.02 Å². The number of nitrogens with one attached hydrogen (secondary N) is 1. The fourth-order valence-corrected chi connectivity index (χ4v) is 2.44. The summed E-state index contributed by atoms with van der Waals surface area (Å²) in [5.41, 5.74) is 3.78. The second kappa shape index (κ2) is 8.06. The molecule has 0 atom stereocenters. The van der Waals surface area contributed by atoms with E-state index in [1.165, 1.54) is 16.8 Å². The van der Waals surface area contributed by atoms with Gasteiger partial charge in [-0.15, -0.1) is 0 Å². The molecule has 0 aliphatic heterocycles. The molecule has 0 bridgehead atoms. The third-order valence-corrected chi connectivity index (χ3v) is 3.95. The summed E-state index contributed by atoms with van der Waals surface area (Å²) in [6.45, 7) is 8.34. The van der Waals surface area contributed by atoms with Crippen molar-refractivity contribution in [3.8, 4) is 0 Å². The molecule has 3 heteroatoms. The molecule has 0 fully saturated rings. The number of benzene rings is 2. The first kappa shape index (κ1) is 15.9. The number of hydrogen-bond donors (Lipinski definition) is 1. The lowest BCUT2D eigenvalue weighted by Gasteiger charge is -2.20. The third-order valence-electron chi connectivity index (χ3n) is 3.70. The molecule has 1 N–H and O–H groups in total. The van der Waals surface area contributed by atoms with Crippen molar-refractivity contribution in [3.05, 3.63) is 64.7 Å². The molecule has 0 amide bonds. The first-order valence-corrected chi connectivity index (χ1v) is 7.89. The Morgan fingerprint density at radius 1 is 0.952 bits per heavy atom. The molecule has 2 nitrogen and oxygen atoms in total. The zero-order valence-corrected chi connectivity index (χ0v) is 13.5. The molecule has 0 spiro atoms. The molecule has 0 unspecified atom stereocenters. The molecular weight excluding hydrogens is 280 g/mol. The van der Waals surface area contributed by atoms with Crippen LogP contribution in [0.1, 0.15) is 25.0 Å². The highest BCUT2D eigenvalue weighted by Gasteiger charge is 2.05. The Hall–Kier alpha value is -1.51. The number of para-hydroxylation sites is 1. The van der Waals surface area contributed by atoms with Crippen molar-refractivity contribution in [1.29, 1.82) is 0 Å². The second-order valence-corrected chi connectivity index (χ2v) is 5.53. The van der Waals surface area contributed by atoms with E-state index in [0.29, 0.717) is 0 Å².